The maximum Gasteiger partial charge on any atom is 0.229 e. The molecule has 0 aliphatic rings. The lowest BCUT2D eigenvalue weighted by Crippen LogP contribution is -2.15. The third-order valence-electron chi connectivity index (χ3n) is 3.40. The van der Waals surface area contributed by atoms with Crippen molar-refractivity contribution >= 4 is 23.2 Å². The second-order valence-corrected chi connectivity index (χ2v) is 5.41. The van der Waals surface area contributed by atoms with Gasteiger partial charge in [0.2, 0.25) is 5.91 Å². The lowest BCUT2D eigenvalue weighted by Gasteiger charge is -2.07. The molecule has 3 rings (SSSR count). The van der Waals surface area contributed by atoms with Crippen molar-refractivity contribution in [3.05, 3.63) is 77.6 Å². The lowest BCUT2D eigenvalue weighted by molar-refractivity contribution is -0.115. The molecule has 3 aromatic rings. The van der Waals surface area contributed by atoms with Crippen molar-refractivity contribution in [1.29, 1.82) is 0 Å². The quantitative estimate of drug-likeness (QED) is 0.728. The van der Waals surface area contributed by atoms with Crippen molar-refractivity contribution < 1.29 is 18.0 Å². The van der Waals surface area contributed by atoms with Crippen molar-refractivity contribution in [2.45, 2.75) is 6.42 Å². The van der Waals surface area contributed by atoms with Crippen molar-refractivity contribution in [2.24, 2.45) is 0 Å². The van der Waals surface area contributed by atoms with Gasteiger partial charge in [-0.15, -0.1) is 10.2 Å². The molecule has 0 aliphatic heterocycles. The predicted molar refractivity (Wildman–Crippen MR) is 90.4 cm³/mol. The molecule has 2 aromatic carbocycles. The summed E-state index contributed by atoms with van der Waals surface area (Å²) in [5, 5.41) is 13.0. The molecule has 0 fully saturated rings. The van der Waals surface area contributed by atoms with Crippen molar-refractivity contribution in [2.75, 3.05) is 10.6 Å². The van der Waals surface area contributed by atoms with E-state index in [0.29, 0.717) is 17.1 Å². The first-order valence-electron chi connectivity index (χ1n) is 7.60. The van der Waals surface area contributed by atoms with Gasteiger partial charge in [-0.2, -0.15) is 0 Å². The van der Waals surface area contributed by atoms with Crippen LogP contribution >= 0.6 is 0 Å². The molecule has 0 aliphatic carbocycles. The van der Waals surface area contributed by atoms with E-state index in [4.69, 9.17) is 0 Å². The number of hydrogen-bond donors (Lipinski definition) is 2. The van der Waals surface area contributed by atoms with Crippen LogP contribution in [0.25, 0.3) is 0 Å². The van der Waals surface area contributed by atoms with Gasteiger partial charge in [0.05, 0.1) is 6.42 Å². The molecule has 26 heavy (non-hydrogen) atoms. The molecule has 2 N–H and O–H groups in total. The Morgan fingerprint density at radius 1 is 0.846 bits per heavy atom. The monoisotopic (exact) mass is 358 g/mol. The number of anilines is 3. The first-order chi connectivity index (χ1) is 12.5. The van der Waals surface area contributed by atoms with E-state index in [1.165, 1.54) is 42.5 Å². The predicted octanol–water partition coefficient (Wildman–Crippen LogP) is 3.82. The van der Waals surface area contributed by atoms with Gasteiger partial charge in [-0.25, -0.2) is 13.2 Å². The smallest absolute Gasteiger partial charge is 0.229 e. The standard InChI is InChI=1S/C18H13F3N4O/c19-12-3-1-11(2-4-12)9-18(26)23-17-8-7-16(24-25-17)22-13-5-6-14(20)15(21)10-13/h1-8,10H,9H2,(H,22,24)(H,23,25,26). The fourth-order valence-electron chi connectivity index (χ4n) is 2.16. The highest BCUT2D eigenvalue weighted by Crippen LogP contribution is 2.17. The van der Waals surface area contributed by atoms with Crippen LogP contribution in [0.5, 0.6) is 0 Å². The second-order valence-electron chi connectivity index (χ2n) is 5.41. The summed E-state index contributed by atoms with van der Waals surface area (Å²) in [4.78, 5) is 11.9. The number of rotatable bonds is 5. The maximum absolute atomic E-state index is 13.2. The van der Waals surface area contributed by atoms with Crippen LogP contribution in [0.3, 0.4) is 0 Å². The van der Waals surface area contributed by atoms with Gasteiger partial charge >= 0.3 is 0 Å². The third-order valence-corrected chi connectivity index (χ3v) is 3.40. The summed E-state index contributed by atoms with van der Waals surface area (Å²) < 4.78 is 38.9. The Hall–Kier alpha value is -3.42. The normalized spacial score (nSPS) is 10.4. The molecular weight excluding hydrogens is 345 g/mol. The molecule has 5 nitrogen and oxygen atoms in total. The highest BCUT2D eigenvalue weighted by atomic mass is 19.2. The summed E-state index contributed by atoms with van der Waals surface area (Å²) in [6.07, 6.45) is 0.0663. The van der Waals surface area contributed by atoms with Crippen LogP contribution in [0.4, 0.5) is 30.5 Å². The van der Waals surface area contributed by atoms with Crippen molar-refractivity contribution in [3.8, 4) is 0 Å². The molecule has 132 valence electrons. The van der Waals surface area contributed by atoms with Gasteiger partial charge in [0, 0.05) is 11.8 Å². The van der Waals surface area contributed by atoms with Gasteiger partial charge in [-0.3, -0.25) is 4.79 Å². The zero-order valence-electron chi connectivity index (χ0n) is 13.3. The Morgan fingerprint density at radius 2 is 1.54 bits per heavy atom. The number of amides is 1. The van der Waals surface area contributed by atoms with E-state index < -0.39 is 11.6 Å². The van der Waals surface area contributed by atoms with Crippen molar-refractivity contribution in [1.82, 2.24) is 10.2 Å². The van der Waals surface area contributed by atoms with Gasteiger partial charge in [0.1, 0.15) is 5.82 Å². The van der Waals surface area contributed by atoms with E-state index in [1.807, 2.05) is 0 Å². The number of benzene rings is 2. The molecule has 0 spiro atoms. The minimum atomic E-state index is -0.979. The Kier molecular flexibility index (Phi) is 5.12. The first kappa shape index (κ1) is 17.4. The van der Waals surface area contributed by atoms with Gasteiger partial charge < -0.3 is 10.6 Å². The highest BCUT2D eigenvalue weighted by molar-refractivity contribution is 5.91. The molecule has 0 radical (unpaired) electrons. The molecule has 0 unspecified atom stereocenters. The minimum Gasteiger partial charge on any atom is -0.339 e. The molecule has 1 heterocycles. The van der Waals surface area contributed by atoms with E-state index >= 15 is 0 Å². The van der Waals surface area contributed by atoms with E-state index in [9.17, 15) is 18.0 Å². The number of carbonyl (C=O) groups excluding carboxylic acids is 1. The first-order valence-corrected chi connectivity index (χ1v) is 7.60. The van der Waals surface area contributed by atoms with Crippen LogP contribution < -0.4 is 10.6 Å². The lowest BCUT2D eigenvalue weighted by atomic mass is 10.1. The third kappa shape index (κ3) is 4.56. The molecule has 0 saturated carbocycles. The molecule has 0 saturated heterocycles. The molecule has 1 aromatic heterocycles. The van der Waals surface area contributed by atoms with Gasteiger partial charge in [-0.1, -0.05) is 12.1 Å². The van der Waals surface area contributed by atoms with Gasteiger partial charge in [0.15, 0.2) is 23.3 Å². The van der Waals surface area contributed by atoms with Gasteiger partial charge in [0.25, 0.3) is 0 Å². The van der Waals surface area contributed by atoms with Crippen molar-refractivity contribution in [3.63, 3.8) is 0 Å². The number of nitrogens with zero attached hydrogens (tertiary/aromatic N) is 2. The van der Waals surface area contributed by atoms with Crippen LogP contribution in [-0.4, -0.2) is 16.1 Å². The Morgan fingerprint density at radius 3 is 2.19 bits per heavy atom. The van der Waals surface area contributed by atoms with E-state index in [1.54, 1.807) is 0 Å². The fraction of sp³-hybridized carbons (Fsp3) is 0.0556. The minimum absolute atomic E-state index is 0.0663. The molecule has 0 bridgehead atoms. The van der Waals surface area contributed by atoms with E-state index in [-0.39, 0.29) is 24.0 Å². The highest BCUT2D eigenvalue weighted by Gasteiger charge is 2.07. The largest absolute Gasteiger partial charge is 0.339 e. The Labute approximate surface area is 146 Å². The molecule has 1 amide bonds. The van der Waals surface area contributed by atoms with E-state index in [2.05, 4.69) is 20.8 Å². The summed E-state index contributed by atoms with van der Waals surface area (Å²) in [5.41, 5.74) is 0.972. The number of aromatic nitrogens is 2. The average Bonchev–Trinajstić information content (AvgIpc) is 2.62. The number of carbonyl (C=O) groups is 1. The molecule has 8 heteroatoms. The maximum atomic E-state index is 13.2. The number of nitrogens with one attached hydrogen (secondary N) is 2. The Bertz CT molecular complexity index is 915. The summed E-state index contributed by atoms with van der Waals surface area (Å²) in [5.74, 6) is -2.09. The summed E-state index contributed by atoms with van der Waals surface area (Å²) >= 11 is 0. The molecular formula is C18H13F3N4O. The summed E-state index contributed by atoms with van der Waals surface area (Å²) in [7, 11) is 0. The topological polar surface area (TPSA) is 66.9 Å². The summed E-state index contributed by atoms with van der Waals surface area (Å²) in [6.45, 7) is 0. The zero-order chi connectivity index (χ0) is 18.5. The zero-order valence-corrected chi connectivity index (χ0v) is 13.3. The van der Waals surface area contributed by atoms with Crippen LogP contribution in [-0.2, 0) is 11.2 Å². The van der Waals surface area contributed by atoms with Crippen LogP contribution in [0.1, 0.15) is 5.56 Å². The van der Waals surface area contributed by atoms with Crippen LogP contribution in [0.15, 0.2) is 54.6 Å². The van der Waals surface area contributed by atoms with E-state index in [0.717, 1.165) is 12.1 Å². The fourth-order valence-corrected chi connectivity index (χ4v) is 2.16. The average molecular weight is 358 g/mol. The Balaban J connectivity index is 1.59. The SMILES string of the molecule is O=C(Cc1ccc(F)cc1)Nc1ccc(Nc2ccc(F)c(F)c2)nn1. The van der Waals surface area contributed by atoms with Crippen LogP contribution in [0.2, 0.25) is 0 Å². The number of hydrogen-bond acceptors (Lipinski definition) is 4. The number of halogens is 3. The second kappa shape index (κ2) is 7.64. The van der Waals surface area contributed by atoms with Crippen LogP contribution in [0, 0.1) is 17.5 Å². The molecule has 0 atom stereocenters. The summed E-state index contributed by atoms with van der Waals surface area (Å²) in [6, 6.07) is 12.0. The van der Waals surface area contributed by atoms with Gasteiger partial charge in [-0.05, 0) is 42.0 Å².